The van der Waals surface area contributed by atoms with E-state index in [0.29, 0.717) is 19.1 Å². The molecule has 3 rings (SSSR count). The van der Waals surface area contributed by atoms with Gasteiger partial charge in [-0.1, -0.05) is 33.6 Å². The van der Waals surface area contributed by atoms with Crippen LogP contribution in [-0.2, 0) is 6.18 Å². The molecule has 1 heterocycles. The lowest BCUT2D eigenvalue weighted by Crippen LogP contribution is -2.20. The van der Waals surface area contributed by atoms with Crippen molar-refractivity contribution in [2.75, 3.05) is 0 Å². The third-order valence-electron chi connectivity index (χ3n) is 3.32. The molecule has 9 heteroatoms. The maximum Gasteiger partial charge on any atom is 0.417 e. The zero-order valence-electron chi connectivity index (χ0n) is 11.5. The van der Waals surface area contributed by atoms with Gasteiger partial charge < -0.3 is 0 Å². The van der Waals surface area contributed by atoms with Crippen LogP contribution in [0.5, 0.6) is 0 Å². The van der Waals surface area contributed by atoms with Crippen molar-refractivity contribution in [3.05, 3.63) is 60.7 Å². The molecule has 24 heavy (non-hydrogen) atoms. The molecule has 3 aromatic rings. The van der Waals surface area contributed by atoms with Crippen molar-refractivity contribution in [2.45, 2.75) is 6.18 Å². The molecule has 0 amide bonds. The van der Waals surface area contributed by atoms with E-state index in [2.05, 4.69) is 21.0 Å². The number of carbonyl (C=O) groups is 1. The smallest absolute Gasteiger partial charge is 0.267 e. The van der Waals surface area contributed by atoms with Crippen LogP contribution in [0.25, 0.3) is 10.9 Å². The number of halogens is 6. The van der Waals surface area contributed by atoms with Crippen molar-refractivity contribution < 1.29 is 18.0 Å². The maximum absolute atomic E-state index is 13.2. The van der Waals surface area contributed by atoms with Gasteiger partial charge in [-0.3, -0.25) is 4.79 Å². The second-order valence-corrected chi connectivity index (χ2v) is 7.17. The summed E-state index contributed by atoms with van der Waals surface area (Å²) in [5.41, 5.74) is -1.31. The minimum Gasteiger partial charge on any atom is -0.267 e. The molecule has 1 aromatic heterocycles. The van der Waals surface area contributed by atoms with E-state index >= 15 is 0 Å². The standard InChI is InChI=1S/C15H6BrClF3IN2O/c16-7-4-5-8-11(6-7)23(22-13(8)21)14(24)12-9(15(18,19)20)2-1-3-10(12)17/h1-6H. The van der Waals surface area contributed by atoms with Gasteiger partial charge in [0.05, 0.1) is 21.7 Å². The first-order chi connectivity index (χ1) is 11.2. The summed E-state index contributed by atoms with van der Waals surface area (Å²) in [7, 11) is 0. The first kappa shape index (κ1) is 17.7. The predicted octanol–water partition coefficient (Wildman–Crippen LogP) is 5.76. The lowest BCUT2D eigenvalue weighted by atomic mass is 10.1. The zero-order chi connectivity index (χ0) is 17.6. The highest BCUT2D eigenvalue weighted by Crippen LogP contribution is 2.36. The minimum absolute atomic E-state index is 0.275. The topological polar surface area (TPSA) is 34.9 Å². The second-order valence-electron chi connectivity index (χ2n) is 4.83. The Hall–Kier alpha value is -1.13. The number of hydrogen-bond donors (Lipinski definition) is 0. The summed E-state index contributed by atoms with van der Waals surface area (Å²) in [6, 6.07) is 8.34. The molecule has 0 N–H and O–H groups in total. The monoisotopic (exact) mass is 528 g/mol. The molecular weight excluding hydrogens is 523 g/mol. The van der Waals surface area contributed by atoms with Crippen molar-refractivity contribution in [1.29, 1.82) is 0 Å². The van der Waals surface area contributed by atoms with E-state index in [1.807, 2.05) is 22.6 Å². The summed E-state index contributed by atoms with van der Waals surface area (Å²) in [5.74, 6) is -0.932. The van der Waals surface area contributed by atoms with Crippen LogP contribution in [0.15, 0.2) is 40.9 Å². The third-order valence-corrected chi connectivity index (χ3v) is 4.93. The van der Waals surface area contributed by atoms with E-state index in [9.17, 15) is 18.0 Å². The average molecular weight is 529 g/mol. The first-order valence-corrected chi connectivity index (χ1v) is 8.69. The van der Waals surface area contributed by atoms with Crippen LogP contribution >= 0.6 is 50.1 Å². The molecule has 0 aliphatic heterocycles. The van der Waals surface area contributed by atoms with Crippen molar-refractivity contribution in [1.82, 2.24) is 9.78 Å². The van der Waals surface area contributed by atoms with Crippen molar-refractivity contribution in [3.8, 4) is 0 Å². The molecular formula is C15H6BrClF3IN2O. The summed E-state index contributed by atoms with van der Waals surface area (Å²) >= 11 is 11.1. The van der Waals surface area contributed by atoms with Gasteiger partial charge in [0.25, 0.3) is 5.91 Å². The van der Waals surface area contributed by atoms with E-state index in [1.165, 1.54) is 6.07 Å². The van der Waals surface area contributed by atoms with E-state index in [-0.39, 0.29) is 5.02 Å². The Kier molecular flexibility index (Phi) is 4.65. The Morgan fingerprint density at radius 2 is 1.96 bits per heavy atom. The van der Waals surface area contributed by atoms with Gasteiger partial charge in [0.15, 0.2) is 0 Å². The number of alkyl halides is 3. The molecule has 0 spiro atoms. The summed E-state index contributed by atoms with van der Waals surface area (Å²) in [6.45, 7) is 0. The molecule has 3 nitrogen and oxygen atoms in total. The summed E-state index contributed by atoms with van der Waals surface area (Å²) < 4.78 is 41.8. The number of rotatable bonds is 1. The Morgan fingerprint density at radius 1 is 1.25 bits per heavy atom. The van der Waals surface area contributed by atoms with E-state index in [0.717, 1.165) is 16.8 Å². The lowest BCUT2D eigenvalue weighted by molar-refractivity contribution is -0.137. The number of fused-ring (bicyclic) bond motifs is 1. The zero-order valence-corrected chi connectivity index (χ0v) is 16.0. The van der Waals surface area contributed by atoms with Gasteiger partial charge in [0, 0.05) is 9.86 Å². The molecule has 0 aliphatic rings. The number of nitrogens with zero attached hydrogens (tertiary/aromatic N) is 2. The fourth-order valence-corrected chi connectivity index (χ4v) is 3.56. The Balaban J connectivity index is 2.27. The van der Waals surface area contributed by atoms with Crippen molar-refractivity contribution in [3.63, 3.8) is 0 Å². The van der Waals surface area contributed by atoms with Gasteiger partial charge in [-0.05, 0) is 52.9 Å². The number of aromatic nitrogens is 2. The fraction of sp³-hybridized carbons (Fsp3) is 0.0667. The summed E-state index contributed by atoms with van der Waals surface area (Å²) in [4.78, 5) is 12.8. The normalized spacial score (nSPS) is 11.9. The third kappa shape index (κ3) is 3.06. The van der Waals surface area contributed by atoms with E-state index in [1.54, 1.807) is 18.2 Å². The van der Waals surface area contributed by atoms with Crippen LogP contribution in [0.4, 0.5) is 13.2 Å². The highest BCUT2D eigenvalue weighted by Gasteiger charge is 2.37. The fourth-order valence-electron chi connectivity index (χ4n) is 2.29. The first-order valence-electron chi connectivity index (χ1n) is 6.44. The second kappa shape index (κ2) is 6.30. The summed E-state index contributed by atoms with van der Waals surface area (Å²) in [6.07, 6.45) is -4.70. The highest BCUT2D eigenvalue weighted by molar-refractivity contribution is 14.1. The molecule has 0 fully saturated rings. The SMILES string of the molecule is O=C(c1c(Cl)cccc1C(F)(F)F)n1nc(I)c2ccc(Br)cc21. The molecule has 0 saturated carbocycles. The van der Waals surface area contributed by atoms with Gasteiger partial charge in [0.1, 0.15) is 3.70 Å². The average Bonchev–Trinajstić information content (AvgIpc) is 2.82. The van der Waals surface area contributed by atoms with Crippen molar-refractivity contribution >= 4 is 66.9 Å². The highest BCUT2D eigenvalue weighted by atomic mass is 127. The molecule has 2 aromatic carbocycles. The Morgan fingerprint density at radius 3 is 2.62 bits per heavy atom. The van der Waals surface area contributed by atoms with E-state index < -0.39 is 23.2 Å². The molecule has 0 atom stereocenters. The van der Waals surface area contributed by atoms with Gasteiger partial charge in [-0.25, -0.2) is 0 Å². The predicted molar refractivity (Wildman–Crippen MR) is 96.3 cm³/mol. The van der Waals surface area contributed by atoms with Crippen LogP contribution < -0.4 is 0 Å². The number of carbonyl (C=O) groups excluding carboxylic acids is 1. The maximum atomic E-state index is 13.2. The number of hydrogen-bond acceptors (Lipinski definition) is 2. The van der Waals surface area contributed by atoms with Crippen LogP contribution in [0.3, 0.4) is 0 Å². The van der Waals surface area contributed by atoms with Crippen LogP contribution in [0.1, 0.15) is 15.9 Å². The van der Waals surface area contributed by atoms with Crippen LogP contribution in [0, 0.1) is 3.70 Å². The summed E-state index contributed by atoms with van der Waals surface area (Å²) in [5, 5.41) is 4.46. The van der Waals surface area contributed by atoms with Crippen molar-refractivity contribution in [2.24, 2.45) is 0 Å². The Labute approximate surface area is 161 Å². The molecule has 0 aliphatic carbocycles. The number of benzene rings is 2. The largest absolute Gasteiger partial charge is 0.417 e. The minimum atomic E-state index is -4.70. The molecule has 0 bridgehead atoms. The van der Waals surface area contributed by atoms with Gasteiger partial charge in [-0.15, -0.1) is 0 Å². The van der Waals surface area contributed by atoms with Gasteiger partial charge in [-0.2, -0.15) is 23.0 Å². The Bertz CT molecular complexity index is 971. The quantitative estimate of drug-likeness (QED) is 0.376. The molecule has 124 valence electrons. The van der Waals surface area contributed by atoms with E-state index in [4.69, 9.17) is 11.6 Å². The molecule has 0 radical (unpaired) electrons. The molecule has 0 unspecified atom stereocenters. The van der Waals surface area contributed by atoms with Crippen LogP contribution in [0.2, 0.25) is 5.02 Å². The molecule has 0 saturated heterocycles. The van der Waals surface area contributed by atoms with Gasteiger partial charge in [0.2, 0.25) is 0 Å². The van der Waals surface area contributed by atoms with Gasteiger partial charge >= 0.3 is 6.18 Å². The van der Waals surface area contributed by atoms with Crippen LogP contribution in [-0.4, -0.2) is 15.7 Å². The lowest BCUT2D eigenvalue weighted by Gasteiger charge is -2.13.